The van der Waals surface area contributed by atoms with Gasteiger partial charge in [0, 0.05) is 34.2 Å². The summed E-state index contributed by atoms with van der Waals surface area (Å²) in [6, 6.07) is 6.61. The van der Waals surface area contributed by atoms with Crippen LogP contribution in [0.25, 0.3) is 5.78 Å². The summed E-state index contributed by atoms with van der Waals surface area (Å²) in [4.78, 5) is 84.3. The Hall–Kier alpha value is -6.21. The Kier molecular flexibility index (Phi) is 14.9. The number of carbonyl (C=O) groups is 5. The number of carboxylic acid groups (broad SMARTS) is 1. The standard InChI is InChI=1S/C37H36N12O13S4.Na/c1-15-8-25(49-36(40-15)42-24(46-49)11-39-66(60,61)18-5-7-21(51)23(53)10-18)63-12-17-13-64-32-27(31(56)48(32)28(17)33(57)58)43-30(55)26(19-14-65-35(38)41-19)47-62-37(2,3)34(59)45-44-29(54)16-4-6-20(50)22(52)9-16;/h4-10,14,27,32,39,50-53H,11-13H2,1-3H3,(H2,38,41)(H,43,55)(H,44,54)(H,45,59)(H,57,58);/q;+1/p-1/b47-26-;/t27-,32-;/m1./s1. The number of oxime groups is 1. The number of phenolic OH excluding ortho intramolecular Hbond substituents is 4. The van der Waals surface area contributed by atoms with Gasteiger partial charge in [-0.05, 0) is 62.7 Å². The molecular formula is C37H35N12NaO13S4. The molecule has 4 amide bonds. The summed E-state index contributed by atoms with van der Waals surface area (Å²) < 4.78 is 29.3. The number of hydrazine groups is 1. The van der Waals surface area contributed by atoms with Gasteiger partial charge in [0.1, 0.15) is 22.1 Å². The zero-order valence-electron chi connectivity index (χ0n) is 35.2. The average Bonchev–Trinajstić information content (AvgIpc) is 3.89. The summed E-state index contributed by atoms with van der Waals surface area (Å²) in [7, 11) is -4.17. The van der Waals surface area contributed by atoms with Crippen LogP contribution in [0.5, 0.6) is 23.0 Å². The summed E-state index contributed by atoms with van der Waals surface area (Å²) in [5, 5.41) is 62.8. The van der Waals surface area contributed by atoms with Gasteiger partial charge in [-0.15, -0.1) is 40.0 Å². The number of hydrogen-bond donors (Lipinski definition) is 9. The maximum Gasteiger partial charge on any atom is 1.00 e. The summed E-state index contributed by atoms with van der Waals surface area (Å²) in [6.45, 7) is 3.82. The predicted molar refractivity (Wildman–Crippen MR) is 231 cm³/mol. The number of aromatic nitrogens is 5. The molecule has 5 heterocycles. The number of thioether (sulfide) groups is 2. The third kappa shape index (κ3) is 10.8. The molecule has 67 heavy (non-hydrogen) atoms. The number of benzene rings is 2. The molecule has 2 aliphatic heterocycles. The molecule has 7 rings (SSSR count). The number of carboxylic acids is 1. The fourth-order valence-corrected chi connectivity index (χ4v) is 10.1. The second-order valence-electron chi connectivity index (χ2n) is 14.6. The first-order chi connectivity index (χ1) is 31.1. The van der Waals surface area contributed by atoms with Crippen molar-refractivity contribution in [1.29, 1.82) is 0 Å². The maximum atomic E-state index is 13.8. The van der Waals surface area contributed by atoms with Gasteiger partial charge in [0.2, 0.25) is 15.6 Å². The Bertz CT molecular complexity index is 3020. The van der Waals surface area contributed by atoms with Gasteiger partial charge >= 0.3 is 29.6 Å². The van der Waals surface area contributed by atoms with Gasteiger partial charge in [0.15, 0.2) is 39.7 Å². The Morgan fingerprint density at radius 1 is 1.01 bits per heavy atom. The molecule has 0 saturated carbocycles. The minimum Gasteiger partial charge on any atom is -0.543 e. The molecule has 2 aromatic carbocycles. The molecule has 0 spiro atoms. The van der Waals surface area contributed by atoms with Gasteiger partial charge in [0.05, 0.1) is 23.1 Å². The number of amides is 4. The number of nitrogens with one attached hydrogen (secondary N) is 4. The second kappa shape index (κ2) is 19.9. The molecular weight excluding hydrogens is 972 g/mol. The van der Waals surface area contributed by atoms with Crippen molar-refractivity contribution in [2.24, 2.45) is 5.16 Å². The molecule has 25 nitrogen and oxygen atoms in total. The van der Waals surface area contributed by atoms with Gasteiger partial charge in [-0.1, -0.05) is 5.16 Å². The third-order valence-electron chi connectivity index (χ3n) is 9.47. The minimum absolute atomic E-state index is 0. The third-order valence-corrected chi connectivity index (χ3v) is 14.0. The molecule has 3 aromatic heterocycles. The number of hydrogen-bond acceptors (Lipinski definition) is 22. The van der Waals surface area contributed by atoms with E-state index in [1.54, 1.807) is 13.0 Å². The van der Waals surface area contributed by atoms with E-state index in [0.717, 1.165) is 70.1 Å². The van der Waals surface area contributed by atoms with E-state index in [4.69, 9.17) is 10.6 Å². The number of β-lactam (4-membered cyclic amide) rings is 1. The van der Waals surface area contributed by atoms with Crippen molar-refractivity contribution in [3.8, 4) is 23.0 Å². The van der Waals surface area contributed by atoms with Crippen LogP contribution in [0.15, 0.2) is 74.2 Å². The zero-order valence-corrected chi connectivity index (χ0v) is 40.5. The normalized spacial score (nSPS) is 16.1. The van der Waals surface area contributed by atoms with Gasteiger partial charge in [-0.3, -0.25) is 34.9 Å². The molecule has 5 aromatic rings. The molecule has 1 saturated heterocycles. The van der Waals surface area contributed by atoms with Crippen LogP contribution in [-0.2, 0) is 40.6 Å². The van der Waals surface area contributed by atoms with Gasteiger partial charge in [0.25, 0.3) is 29.4 Å². The van der Waals surface area contributed by atoms with Crippen molar-refractivity contribution >= 4 is 91.1 Å². The number of anilines is 1. The Labute approximate surface area is 412 Å². The number of aryl methyl sites for hydroxylation is 1. The quantitative estimate of drug-likeness (QED) is 0.00916. The van der Waals surface area contributed by atoms with E-state index < -0.39 is 91.0 Å². The van der Waals surface area contributed by atoms with Crippen LogP contribution in [0.1, 0.15) is 41.4 Å². The summed E-state index contributed by atoms with van der Waals surface area (Å²) in [5.41, 5.74) is 7.92. The van der Waals surface area contributed by atoms with Crippen molar-refractivity contribution in [2.75, 3.05) is 17.2 Å². The van der Waals surface area contributed by atoms with E-state index in [-0.39, 0.29) is 80.5 Å². The number of carbonyl (C=O) groups excluding carboxylic acids is 5. The molecule has 0 bridgehead atoms. The molecule has 10 N–H and O–H groups in total. The van der Waals surface area contributed by atoms with Crippen molar-refractivity contribution < 1.29 is 92.3 Å². The monoisotopic (exact) mass is 1010 g/mol. The van der Waals surface area contributed by atoms with E-state index in [0.29, 0.717) is 16.3 Å². The van der Waals surface area contributed by atoms with Crippen LogP contribution >= 0.6 is 34.9 Å². The number of aliphatic carboxylic acids is 1. The minimum atomic E-state index is -4.17. The van der Waals surface area contributed by atoms with Crippen LogP contribution in [0.3, 0.4) is 0 Å². The number of nitrogen functional groups attached to an aromatic ring is 1. The SMILES string of the molecule is Cc1cc(SCC2=C(C(=O)[O-])N3C(=O)[C@@H](NC(=O)/C(=N\OC(C)(C)C(=O)NNC(=O)c4ccc(O)c(O)c4)c4csc(N)n4)[C@H]3SC2)n2nc(CNS(=O)(=O)c3ccc(O)c(O)c3)nc2n1.[Na+]. The predicted octanol–water partition coefficient (Wildman–Crippen LogP) is -4.07. The Morgan fingerprint density at radius 2 is 1.72 bits per heavy atom. The zero-order chi connectivity index (χ0) is 47.8. The van der Waals surface area contributed by atoms with Crippen LogP contribution < -0.4 is 61.3 Å². The molecule has 2 atom stereocenters. The number of rotatable bonds is 15. The fourth-order valence-electron chi connectivity index (χ4n) is 6.04. The Balaban J connectivity index is 0.00000741. The molecule has 0 aliphatic carbocycles. The van der Waals surface area contributed by atoms with Crippen LogP contribution in [0.2, 0.25) is 0 Å². The van der Waals surface area contributed by atoms with Crippen molar-refractivity contribution in [3.05, 3.63) is 81.9 Å². The molecule has 2 aliphatic rings. The first-order valence-electron chi connectivity index (χ1n) is 18.8. The topological polar surface area (TPSA) is 378 Å². The number of nitrogens with two attached hydrogens (primary N) is 1. The number of thiazole rings is 1. The van der Waals surface area contributed by atoms with Crippen molar-refractivity contribution in [1.82, 2.24) is 50.4 Å². The van der Waals surface area contributed by atoms with E-state index in [9.17, 15) is 57.9 Å². The Morgan fingerprint density at radius 3 is 2.37 bits per heavy atom. The smallest absolute Gasteiger partial charge is 0.543 e. The summed E-state index contributed by atoms with van der Waals surface area (Å²) >= 11 is 3.24. The fraction of sp³-hybridized carbons (Fsp3) is 0.243. The van der Waals surface area contributed by atoms with Gasteiger partial charge < -0.3 is 46.2 Å². The molecule has 30 heteroatoms. The molecule has 0 unspecified atom stereocenters. The number of aromatic hydroxyl groups is 4. The number of nitrogens with zero attached hydrogens (tertiary/aromatic N) is 7. The van der Waals surface area contributed by atoms with Crippen molar-refractivity contribution in [3.63, 3.8) is 0 Å². The van der Waals surface area contributed by atoms with Gasteiger partial charge in [-0.25, -0.2) is 23.1 Å². The first-order valence-corrected chi connectivity index (χ1v) is 23.2. The van der Waals surface area contributed by atoms with E-state index in [1.807, 2.05) is 0 Å². The largest absolute Gasteiger partial charge is 1.00 e. The first kappa shape index (κ1) is 50.2. The molecule has 0 radical (unpaired) electrons. The van der Waals surface area contributed by atoms with E-state index >= 15 is 0 Å². The van der Waals surface area contributed by atoms with Crippen LogP contribution in [0, 0.1) is 6.92 Å². The van der Waals surface area contributed by atoms with Crippen molar-refractivity contribution in [2.45, 2.75) is 54.3 Å². The van der Waals surface area contributed by atoms with E-state index in [2.05, 4.69) is 46.1 Å². The van der Waals surface area contributed by atoms with Gasteiger partial charge in [-0.2, -0.15) is 9.50 Å². The molecule has 346 valence electrons. The molecule has 1 fully saturated rings. The number of phenols is 4. The number of fused-ring (bicyclic) bond motifs is 2. The number of sulfonamides is 1. The van der Waals surface area contributed by atoms with Crippen LogP contribution in [-0.4, -0.2) is 122 Å². The maximum absolute atomic E-state index is 13.8. The summed E-state index contributed by atoms with van der Waals surface area (Å²) in [6.07, 6.45) is 0. The van der Waals surface area contributed by atoms with Crippen LogP contribution in [0.4, 0.5) is 5.13 Å². The average molecular weight is 1010 g/mol. The van der Waals surface area contributed by atoms with E-state index in [1.165, 1.54) is 29.8 Å². The summed E-state index contributed by atoms with van der Waals surface area (Å²) in [5.74, 6) is -7.15. The second-order valence-corrected chi connectivity index (χ2v) is 19.3.